The van der Waals surface area contributed by atoms with E-state index in [1.54, 1.807) is 26.0 Å². The second-order valence-corrected chi connectivity index (χ2v) is 4.60. The molecule has 1 heterocycles. The van der Waals surface area contributed by atoms with E-state index in [9.17, 15) is 9.59 Å². The fourth-order valence-corrected chi connectivity index (χ4v) is 2.03. The molecule has 0 N–H and O–H groups in total. The Kier molecular flexibility index (Phi) is 3.79. The predicted molar refractivity (Wildman–Crippen MR) is 74.1 cm³/mol. The third-order valence-corrected chi connectivity index (χ3v) is 3.15. The zero-order valence-corrected chi connectivity index (χ0v) is 11.9. The van der Waals surface area contributed by atoms with Gasteiger partial charge in [0.25, 0.3) is 0 Å². The smallest absolute Gasteiger partial charge is 0.346 e. The van der Waals surface area contributed by atoms with Gasteiger partial charge in [-0.3, -0.25) is 0 Å². The van der Waals surface area contributed by atoms with E-state index in [0.717, 1.165) is 10.9 Å². The maximum absolute atomic E-state index is 11.5. The van der Waals surface area contributed by atoms with Gasteiger partial charge in [-0.1, -0.05) is 0 Å². The number of methoxy groups -OCH3 is 1. The molecule has 5 heteroatoms. The van der Waals surface area contributed by atoms with Crippen molar-refractivity contribution < 1.29 is 18.7 Å². The first kappa shape index (κ1) is 14.1. The van der Waals surface area contributed by atoms with E-state index in [1.165, 1.54) is 13.2 Å². The van der Waals surface area contributed by atoms with Crippen LogP contribution in [0.15, 0.2) is 27.4 Å². The van der Waals surface area contributed by atoms with Crippen molar-refractivity contribution in [1.82, 2.24) is 0 Å². The third-order valence-electron chi connectivity index (χ3n) is 3.15. The summed E-state index contributed by atoms with van der Waals surface area (Å²) < 4.78 is 15.4. The number of hydrogen-bond acceptors (Lipinski definition) is 5. The summed E-state index contributed by atoms with van der Waals surface area (Å²) in [5.41, 5.74) is 1.59. The van der Waals surface area contributed by atoms with Crippen LogP contribution in [0, 0.1) is 13.8 Å². The van der Waals surface area contributed by atoms with E-state index in [1.807, 2.05) is 6.92 Å². The Balaban J connectivity index is 2.49. The van der Waals surface area contributed by atoms with Crippen molar-refractivity contribution in [2.24, 2.45) is 0 Å². The van der Waals surface area contributed by atoms with Crippen LogP contribution in [0.4, 0.5) is 0 Å². The predicted octanol–water partition coefficient (Wildman–Crippen LogP) is 2.35. The van der Waals surface area contributed by atoms with E-state index in [4.69, 9.17) is 9.15 Å². The lowest BCUT2D eigenvalue weighted by Crippen LogP contribution is -2.25. The first-order valence-electron chi connectivity index (χ1n) is 6.22. The summed E-state index contributed by atoms with van der Waals surface area (Å²) in [7, 11) is 1.30. The van der Waals surface area contributed by atoms with Gasteiger partial charge in [-0.05, 0) is 38.5 Å². The first-order chi connectivity index (χ1) is 9.43. The van der Waals surface area contributed by atoms with Gasteiger partial charge in [0.2, 0.25) is 0 Å². The molecule has 1 aromatic carbocycles. The fraction of sp³-hybridized carbons (Fsp3) is 0.333. The van der Waals surface area contributed by atoms with E-state index in [2.05, 4.69) is 4.74 Å². The molecule has 0 aliphatic rings. The molecular weight excluding hydrogens is 260 g/mol. The maximum Gasteiger partial charge on any atom is 0.346 e. The van der Waals surface area contributed by atoms with Crippen LogP contribution in [0.5, 0.6) is 5.75 Å². The number of esters is 1. The minimum atomic E-state index is -0.729. The fourth-order valence-electron chi connectivity index (χ4n) is 2.03. The number of benzene rings is 1. The van der Waals surface area contributed by atoms with Gasteiger partial charge in [0, 0.05) is 17.0 Å². The molecule has 20 heavy (non-hydrogen) atoms. The number of rotatable bonds is 3. The summed E-state index contributed by atoms with van der Waals surface area (Å²) >= 11 is 0. The highest BCUT2D eigenvalue weighted by atomic mass is 16.6. The lowest BCUT2D eigenvalue weighted by molar-refractivity contribution is -0.147. The number of carbonyl (C=O) groups is 1. The molecule has 0 amide bonds. The summed E-state index contributed by atoms with van der Waals surface area (Å²) in [6, 6.07) is 5.00. The molecule has 0 saturated carbocycles. The van der Waals surface area contributed by atoms with Crippen LogP contribution in [0.1, 0.15) is 18.1 Å². The average Bonchev–Trinajstić information content (AvgIpc) is 2.41. The molecule has 0 aliphatic carbocycles. The Morgan fingerprint density at radius 1 is 1.30 bits per heavy atom. The Hall–Kier alpha value is -2.30. The molecule has 0 aliphatic heterocycles. The molecule has 1 aromatic heterocycles. The Morgan fingerprint density at radius 2 is 2.00 bits per heavy atom. The van der Waals surface area contributed by atoms with Gasteiger partial charge in [0.05, 0.1) is 7.11 Å². The minimum Gasteiger partial charge on any atom is -0.479 e. The van der Waals surface area contributed by atoms with Crippen LogP contribution in [0.3, 0.4) is 0 Å². The lowest BCUT2D eigenvalue weighted by Gasteiger charge is -2.15. The second kappa shape index (κ2) is 5.36. The minimum absolute atomic E-state index is 0.406. The van der Waals surface area contributed by atoms with E-state index in [-0.39, 0.29) is 0 Å². The first-order valence-corrected chi connectivity index (χ1v) is 6.22. The molecule has 106 valence electrons. The molecule has 2 aromatic rings. The van der Waals surface area contributed by atoms with Gasteiger partial charge in [0.1, 0.15) is 11.3 Å². The van der Waals surface area contributed by atoms with Gasteiger partial charge in [-0.15, -0.1) is 0 Å². The Labute approximate surface area is 116 Å². The molecule has 5 nitrogen and oxygen atoms in total. The number of ether oxygens (including phenoxy) is 2. The SMILES string of the molecule is COC(=O)[C@H](C)Oc1ccc2c(C)cc(=O)oc2c1C. The van der Waals surface area contributed by atoms with Crippen molar-refractivity contribution in [3.63, 3.8) is 0 Å². The topological polar surface area (TPSA) is 65.7 Å². The highest BCUT2D eigenvalue weighted by Crippen LogP contribution is 2.28. The van der Waals surface area contributed by atoms with Crippen molar-refractivity contribution >= 4 is 16.9 Å². The lowest BCUT2D eigenvalue weighted by atomic mass is 10.1. The zero-order valence-electron chi connectivity index (χ0n) is 11.9. The largest absolute Gasteiger partial charge is 0.479 e. The second-order valence-electron chi connectivity index (χ2n) is 4.60. The summed E-state index contributed by atoms with van der Waals surface area (Å²) in [6.07, 6.45) is -0.729. The number of aryl methyl sites for hydroxylation is 2. The molecule has 0 bridgehead atoms. The Bertz CT molecular complexity index is 714. The molecule has 2 rings (SSSR count). The summed E-state index contributed by atoms with van der Waals surface area (Å²) in [4.78, 5) is 22.8. The van der Waals surface area contributed by atoms with Crippen LogP contribution in [-0.4, -0.2) is 19.2 Å². The molecule has 0 radical (unpaired) electrons. The van der Waals surface area contributed by atoms with Crippen LogP contribution < -0.4 is 10.4 Å². The standard InChI is InChI=1S/C15H16O5/c1-8-7-13(16)20-14-9(2)12(6-5-11(8)14)19-10(3)15(17)18-4/h5-7,10H,1-4H3/t10-/m0/s1. The van der Waals surface area contributed by atoms with Gasteiger partial charge in [-0.25, -0.2) is 9.59 Å². The molecule has 0 spiro atoms. The summed E-state index contributed by atoms with van der Waals surface area (Å²) in [5, 5.41) is 0.847. The van der Waals surface area contributed by atoms with Crippen molar-refractivity contribution in [2.75, 3.05) is 7.11 Å². The third kappa shape index (κ3) is 2.52. The summed E-state index contributed by atoms with van der Waals surface area (Å²) in [6.45, 7) is 5.22. The number of hydrogen-bond donors (Lipinski definition) is 0. The van der Waals surface area contributed by atoms with Crippen LogP contribution >= 0.6 is 0 Å². The zero-order chi connectivity index (χ0) is 14.9. The van der Waals surface area contributed by atoms with E-state index < -0.39 is 17.7 Å². The monoisotopic (exact) mass is 276 g/mol. The highest BCUT2D eigenvalue weighted by molar-refractivity contribution is 5.85. The van der Waals surface area contributed by atoms with Gasteiger partial charge >= 0.3 is 11.6 Å². The molecule has 0 fully saturated rings. The van der Waals surface area contributed by atoms with Crippen molar-refractivity contribution in [1.29, 1.82) is 0 Å². The maximum atomic E-state index is 11.5. The number of fused-ring (bicyclic) bond motifs is 1. The van der Waals surface area contributed by atoms with E-state index >= 15 is 0 Å². The van der Waals surface area contributed by atoms with Crippen molar-refractivity contribution in [3.05, 3.63) is 39.7 Å². The average molecular weight is 276 g/mol. The molecular formula is C15H16O5. The van der Waals surface area contributed by atoms with Crippen LogP contribution in [-0.2, 0) is 9.53 Å². The Morgan fingerprint density at radius 3 is 2.65 bits per heavy atom. The van der Waals surface area contributed by atoms with Gasteiger partial charge < -0.3 is 13.9 Å². The molecule has 0 saturated heterocycles. The van der Waals surface area contributed by atoms with Crippen LogP contribution in [0.25, 0.3) is 11.0 Å². The van der Waals surface area contributed by atoms with Crippen molar-refractivity contribution in [2.45, 2.75) is 26.9 Å². The quantitative estimate of drug-likeness (QED) is 0.636. The molecule has 0 unspecified atom stereocenters. The molecule has 1 atom stereocenters. The van der Waals surface area contributed by atoms with Crippen molar-refractivity contribution in [3.8, 4) is 5.75 Å². The normalized spacial score (nSPS) is 12.2. The van der Waals surface area contributed by atoms with E-state index in [0.29, 0.717) is 16.9 Å². The van der Waals surface area contributed by atoms with Gasteiger partial charge in [0.15, 0.2) is 6.10 Å². The van der Waals surface area contributed by atoms with Gasteiger partial charge in [-0.2, -0.15) is 0 Å². The highest BCUT2D eigenvalue weighted by Gasteiger charge is 2.17. The summed E-state index contributed by atoms with van der Waals surface area (Å²) in [5.74, 6) is 0.0272. The number of carbonyl (C=O) groups excluding carboxylic acids is 1. The van der Waals surface area contributed by atoms with Crippen LogP contribution in [0.2, 0.25) is 0 Å².